The minimum Gasteiger partial charge on any atom is -0.458 e. The van der Waals surface area contributed by atoms with Crippen molar-refractivity contribution in [3.8, 4) is 11.6 Å². The molecule has 0 saturated heterocycles. The molecule has 0 aliphatic carbocycles. The lowest BCUT2D eigenvalue weighted by Crippen LogP contribution is -2.02. The topological polar surface area (TPSA) is 31.0 Å². The van der Waals surface area contributed by atoms with E-state index in [9.17, 15) is 0 Å². The summed E-state index contributed by atoms with van der Waals surface area (Å²) in [5.74, 6) is 2.41. The molecule has 2 aromatic heterocycles. The van der Waals surface area contributed by atoms with Crippen molar-refractivity contribution in [2.45, 2.75) is 26.8 Å². The van der Waals surface area contributed by atoms with Crippen LogP contribution in [0.4, 0.5) is 0 Å². The van der Waals surface area contributed by atoms with Crippen molar-refractivity contribution in [1.82, 2.24) is 9.55 Å². The summed E-state index contributed by atoms with van der Waals surface area (Å²) < 4.78 is 7.48. The quantitative estimate of drug-likeness (QED) is 0.779. The van der Waals surface area contributed by atoms with Crippen LogP contribution >= 0.6 is 11.6 Å². The molecule has 0 atom stereocenters. The highest BCUT2D eigenvalue weighted by Gasteiger charge is 2.15. The first-order valence-corrected chi connectivity index (χ1v) is 5.27. The van der Waals surface area contributed by atoms with Crippen LogP contribution in [0.3, 0.4) is 0 Å². The molecule has 0 aromatic carbocycles. The Morgan fingerprint density at radius 2 is 2.13 bits per heavy atom. The fourth-order valence-corrected chi connectivity index (χ4v) is 1.89. The monoisotopic (exact) mass is 224 g/mol. The first-order valence-electron chi connectivity index (χ1n) is 4.89. The third-order valence-electron chi connectivity index (χ3n) is 2.23. The molecule has 0 amide bonds. The zero-order valence-electron chi connectivity index (χ0n) is 8.99. The molecule has 2 heterocycles. The SMILES string of the molecule is Cc1ccc(-c2ncc(Cl)n2C(C)C)o1. The van der Waals surface area contributed by atoms with Crippen LogP contribution in [0, 0.1) is 6.92 Å². The van der Waals surface area contributed by atoms with Gasteiger partial charge < -0.3 is 8.98 Å². The van der Waals surface area contributed by atoms with E-state index in [-0.39, 0.29) is 6.04 Å². The molecular formula is C11H13ClN2O. The Kier molecular flexibility index (Phi) is 2.57. The molecule has 0 radical (unpaired) electrons. The average Bonchev–Trinajstić information content (AvgIpc) is 2.71. The second kappa shape index (κ2) is 3.74. The molecule has 0 aliphatic heterocycles. The Bertz CT molecular complexity index is 471. The maximum absolute atomic E-state index is 6.06. The number of aryl methyl sites for hydroxylation is 1. The van der Waals surface area contributed by atoms with E-state index in [1.54, 1.807) is 6.20 Å². The number of rotatable bonds is 2. The number of hydrogen-bond acceptors (Lipinski definition) is 2. The summed E-state index contributed by atoms with van der Waals surface area (Å²) in [5, 5.41) is 0.633. The molecule has 2 rings (SSSR count). The zero-order chi connectivity index (χ0) is 11.0. The minimum absolute atomic E-state index is 0.264. The van der Waals surface area contributed by atoms with Crippen molar-refractivity contribution in [1.29, 1.82) is 0 Å². The van der Waals surface area contributed by atoms with E-state index in [1.165, 1.54) is 0 Å². The Labute approximate surface area is 93.7 Å². The van der Waals surface area contributed by atoms with E-state index in [0.29, 0.717) is 5.15 Å². The van der Waals surface area contributed by atoms with E-state index in [2.05, 4.69) is 18.8 Å². The Morgan fingerprint density at radius 1 is 1.40 bits per heavy atom. The molecule has 3 nitrogen and oxygen atoms in total. The van der Waals surface area contributed by atoms with Crippen molar-refractivity contribution >= 4 is 11.6 Å². The van der Waals surface area contributed by atoms with Gasteiger partial charge in [-0.2, -0.15) is 0 Å². The predicted octanol–water partition coefficient (Wildman–Crippen LogP) is 3.69. The molecule has 80 valence electrons. The molecule has 0 fully saturated rings. The molecule has 4 heteroatoms. The van der Waals surface area contributed by atoms with Crippen molar-refractivity contribution in [2.24, 2.45) is 0 Å². The largest absolute Gasteiger partial charge is 0.458 e. The smallest absolute Gasteiger partial charge is 0.177 e. The molecule has 0 spiro atoms. The van der Waals surface area contributed by atoms with Gasteiger partial charge in [0.05, 0.1) is 6.20 Å². The fraction of sp³-hybridized carbons (Fsp3) is 0.364. The van der Waals surface area contributed by atoms with Crippen LogP contribution in [-0.2, 0) is 0 Å². The lowest BCUT2D eigenvalue weighted by atomic mass is 10.3. The molecule has 15 heavy (non-hydrogen) atoms. The van der Waals surface area contributed by atoms with Crippen LogP contribution < -0.4 is 0 Å². The first-order chi connectivity index (χ1) is 7.09. The highest BCUT2D eigenvalue weighted by atomic mass is 35.5. The van der Waals surface area contributed by atoms with Gasteiger partial charge in [0.2, 0.25) is 0 Å². The second-order valence-electron chi connectivity index (χ2n) is 3.78. The van der Waals surface area contributed by atoms with Crippen molar-refractivity contribution < 1.29 is 4.42 Å². The van der Waals surface area contributed by atoms with Gasteiger partial charge >= 0.3 is 0 Å². The van der Waals surface area contributed by atoms with Gasteiger partial charge in [0.25, 0.3) is 0 Å². The highest BCUT2D eigenvalue weighted by molar-refractivity contribution is 6.29. The normalized spacial score (nSPS) is 11.3. The summed E-state index contributed by atoms with van der Waals surface area (Å²) in [6.07, 6.45) is 1.65. The number of nitrogens with zero attached hydrogens (tertiary/aromatic N) is 2. The lowest BCUT2D eigenvalue weighted by Gasteiger charge is -2.11. The molecule has 0 unspecified atom stereocenters. The van der Waals surface area contributed by atoms with E-state index < -0.39 is 0 Å². The first kappa shape index (κ1) is 10.3. The summed E-state index contributed by atoms with van der Waals surface area (Å²) in [4.78, 5) is 4.26. The van der Waals surface area contributed by atoms with Gasteiger partial charge in [-0.3, -0.25) is 0 Å². The minimum atomic E-state index is 0.264. The van der Waals surface area contributed by atoms with Crippen molar-refractivity contribution in [3.05, 3.63) is 29.2 Å². The third-order valence-corrected chi connectivity index (χ3v) is 2.51. The van der Waals surface area contributed by atoms with Gasteiger partial charge in [-0.25, -0.2) is 4.98 Å². The number of aromatic nitrogens is 2. The Morgan fingerprint density at radius 3 is 2.67 bits per heavy atom. The number of halogens is 1. The lowest BCUT2D eigenvalue weighted by molar-refractivity contribution is 0.528. The van der Waals surface area contributed by atoms with Crippen molar-refractivity contribution in [3.63, 3.8) is 0 Å². The fourth-order valence-electron chi connectivity index (χ4n) is 1.57. The van der Waals surface area contributed by atoms with Crippen LogP contribution in [0.1, 0.15) is 25.6 Å². The van der Waals surface area contributed by atoms with E-state index in [4.69, 9.17) is 16.0 Å². The summed E-state index contributed by atoms with van der Waals surface area (Å²) in [6.45, 7) is 6.04. The van der Waals surface area contributed by atoms with Crippen LogP contribution in [0.25, 0.3) is 11.6 Å². The highest BCUT2D eigenvalue weighted by Crippen LogP contribution is 2.27. The van der Waals surface area contributed by atoms with Gasteiger partial charge in [-0.05, 0) is 32.9 Å². The number of hydrogen-bond donors (Lipinski definition) is 0. The third kappa shape index (κ3) is 1.79. The standard InChI is InChI=1S/C11H13ClN2O/c1-7(2)14-10(12)6-13-11(14)9-5-4-8(3)15-9/h4-7H,1-3H3. The maximum atomic E-state index is 6.06. The number of imidazole rings is 1. The van der Waals surface area contributed by atoms with E-state index in [1.807, 2.05) is 23.6 Å². The van der Waals surface area contributed by atoms with Crippen LogP contribution in [0.5, 0.6) is 0 Å². The van der Waals surface area contributed by atoms with E-state index in [0.717, 1.165) is 17.3 Å². The molecule has 0 N–H and O–H groups in total. The van der Waals surface area contributed by atoms with Crippen LogP contribution in [0.2, 0.25) is 5.15 Å². The zero-order valence-corrected chi connectivity index (χ0v) is 9.75. The van der Waals surface area contributed by atoms with Crippen LogP contribution in [0.15, 0.2) is 22.7 Å². The summed E-state index contributed by atoms with van der Waals surface area (Å²) in [7, 11) is 0. The predicted molar refractivity (Wildman–Crippen MR) is 60.1 cm³/mol. The van der Waals surface area contributed by atoms with Crippen molar-refractivity contribution in [2.75, 3.05) is 0 Å². The summed E-state index contributed by atoms with van der Waals surface area (Å²) in [5.41, 5.74) is 0. The molecule has 0 aliphatic rings. The van der Waals surface area contributed by atoms with Gasteiger partial charge in [-0.1, -0.05) is 11.6 Å². The molecule has 0 bridgehead atoms. The summed E-state index contributed by atoms with van der Waals surface area (Å²) in [6, 6.07) is 4.09. The van der Waals surface area contributed by atoms with E-state index >= 15 is 0 Å². The Balaban J connectivity index is 2.53. The van der Waals surface area contributed by atoms with Crippen LogP contribution in [-0.4, -0.2) is 9.55 Å². The maximum Gasteiger partial charge on any atom is 0.177 e. The second-order valence-corrected chi connectivity index (χ2v) is 4.17. The van der Waals surface area contributed by atoms with Gasteiger partial charge in [-0.15, -0.1) is 0 Å². The summed E-state index contributed by atoms with van der Waals surface area (Å²) >= 11 is 6.06. The van der Waals surface area contributed by atoms with Gasteiger partial charge in [0.1, 0.15) is 10.9 Å². The Hall–Kier alpha value is -1.22. The van der Waals surface area contributed by atoms with Gasteiger partial charge in [0.15, 0.2) is 11.6 Å². The van der Waals surface area contributed by atoms with Gasteiger partial charge in [0, 0.05) is 6.04 Å². The average molecular weight is 225 g/mol. The molecule has 0 saturated carbocycles. The number of furan rings is 1. The molecular weight excluding hydrogens is 212 g/mol. The molecule has 2 aromatic rings.